The van der Waals surface area contributed by atoms with E-state index in [1.165, 1.54) is 13.4 Å². The summed E-state index contributed by atoms with van der Waals surface area (Å²) in [6.07, 6.45) is 3.09. The van der Waals surface area contributed by atoms with Gasteiger partial charge in [-0.2, -0.15) is 5.10 Å². The Hall–Kier alpha value is -3.65. The van der Waals surface area contributed by atoms with Crippen molar-refractivity contribution in [1.29, 1.82) is 0 Å². The molecular weight excluding hydrogens is 388 g/mol. The lowest BCUT2D eigenvalue weighted by molar-refractivity contribution is 0.373. The number of methoxy groups -OCH3 is 1. The third-order valence-electron chi connectivity index (χ3n) is 4.42. The van der Waals surface area contributed by atoms with E-state index in [1.54, 1.807) is 47.9 Å². The number of phenols is 2. The van der Waals surface area contributed by atoms with Gasteiger partial charge in [-0.25, -0.2) is 9.97 Å². The molecule has 0 radical (unpaired) electrons. The molecule has 8 heteroatoms. The van der Waals surface area contributed by atoms with Crippen molar-refractivity contribution < 1.29 is 14.9 Å². The zero-order valence-corrected chi connectivity index (χ0v) is 16.6. The first kappa shape index (κ1) is 18.7. The predicted octanol–water partition coefficient (Wildman–Crippen LogP) is 4.53. The van der Waals surface area contributed by atoms with Gasteiger partial charge in [0.05, 0.1) is 23.5 Å². The van der Waals surface area contributed by atoms with Crippen molar-refractivity contribution in [3.8, 4) is 27.7 Å². The summed E-state index contributed by atoms with van der Waals surface area (Å²) >= 11 is 1.56. The number of hydrazone groups is 1. The van der Waals surface area contributed by atoms with E-state index in [2.05, 4.69) is 20.5 Å². The third-order valence-corrected chi connectivity index (χ3v) is 5.76. The monoisotopic (exact) mass is 406 g/mol. The number of ether oxygens (including phenoxy) is 1. The van der Waals surface area contributed by atoms with Crippen LogP contribution in [-0.2, 0) is 0 Å². The average Bonchev–Trinajstić information content (AvgIpc) is 3.06. The Morgan fingerprint density at radius 2 is 1.90 bits per heavy atom. The first-order valence-electron chi connectivity index (χ1n) is 8.76. The molecule has 0 aliphatic rings. The molecule has 0 saturated heterocycles. The number of aromatic hydroxyl groups is 2. The molecule has 4 aromatic rings. The van der Waals surface area contributed by atoms with E-state index in [0.29, 0.717) is 17.1 Å². The van der Waals surface area contributed by atoms with Gasteiger partial charge in [0.1, 0.15) is 12.1 Å². The fourth-order valence-electron chi connectivity index (χ4n) is 2.95. The van der Waals surface area contributed by atoms with E-state index in [0.717, 1.165) is 26.2 Å². The van der Waals surface area contributed by atoms with E-state index in [9.17, 15) is 10.2 Å². The summed E-state index contributed by atoms with van der Waals surface area (Å²) in [7, 11) is 1.50. The number of phenolic OH excluding ortho intramolecular Hbond substituents is 2. The molecule has 0 unspecified atom stereocenters. The highest BCUT2D eigenvalue weighted by Crippen LogP contribution is 2.40. The smallest absolute Gasteiger partial charge is 0.167 e. The van der Waals surface area contributed by atoms with Gasteiger partial charge in [-0.3, -0.25) is 5.43 Å². The fourth-order valence-corrected chi connectivity index (χ4v) is 4.15. The molecule has 2 heterocycles. The Morgan fingerprint density at radius 1 is 1.10 bits per heavy atom. The second kappa shape index (κ2) is 7.76. The SMILES string of the molecule is COc1ccc(C=NNc2ncnc3c(C)c(-c4ccc(O)cc4)sc23)cc1O. The summed E-state index contributed by atoms with van der Waals surface area (Å²) in [6.45, 7) is 2.02. The summed E-state index contributed by atoms with van der Waals surface area (Å²) in [5, 5.41) is 23.6. The van der Waals surface area contributed by atoms with Crippen LogP contribution in [0.3, 0.4) is 0 Å². The van der Waals surface area contributed by atoms with Crippen LogP contribution in [0.1, 0.15) is 11.1 Å². The van der Waals surface area contributed by atoms with Gasteiger partial charge in [0.2, 0.25) is 0 Å². The van der Waals surface area contributed by atoms with E-state index in [1.807, 2.05) is 19.1 Å². The Bertz CT molecular complexity index is 1200. The van der Waals surface area contributed by atoms with E-state index < -0.39 is 0 Å². The predicted molar refractivity (Wildman–Crippen MR) is 115 cm³/mol. The van der Waals surface area contributed by atoms with Crippen LogP contribution in [0.5, 0.6) is 17.2 Å². The zero-order valence-electron chi connectivity index (χ0n) is 15.7. The normalized spacial score (nSPS) is 11.2. The molecule has 0 fully saturated rings. The number of fused-ring (bicyclic) bond motifs is 1. The topological polar surface area (TPSA) is 99.9 Å². The average molecular weight is 406 g/mol. The van der Waals surface area contributed by atoms with E-state index in [-0.39, 0.29) is 11.5 Å². The number of thiophene rings is 1. The number of benzene rings is 2. The van der Waals surface area contributed by atoms with Crippen molar-refractivity contribution in [2.45, 2.75) is 6.92 Å². The Labute approximate surface area is 171 Å². The molecule has 146 valence electrons. The van der Waals surface area contributed by atoms with Crippen LogP contribution in [0.25, 0.3) is 20.7 Å². The number of hydrogen-bond donors (Lipinski definition) is 3. The Morgan fingerprint density at radius 3 is 2.62 bits per heavy atom. The van der Waals surface area contributed by atoms with Gasteiger partial charge in [-0.15, -0.1) is 11.3 Å². The van der Waals surface area contributed by atoms with Gasteiger partial charge in [-0.05, 0) is 66.1 Å². The maximum atomic E-state index is 9.87. The van der Waals surface area contributed by atoms with Gasteiger partial charge >= 0.3 is 0 Å². The molecule has 0 atom stereocenters. The third kappa shape index (κ3) is 3.70. The van der Waals surface area contributed by atoms with E-state index in [4.69, 9.17) is 4.74 Å². The van der Waals surface area contributed by atoms with Crippen LogP contribution in [0, 0.1) is 6.92 Å². The van der Waals surface area contributed by atoms with Crippen molar-refractivity contribution in [2.24, 2.45) is 5.10 Å². The van der Waals surface area contributed by atoms with Crippen molar-refractivity contribution in [1.82, 2.24) is 9.97 Å². The van der Waals surface area contributed by atoms with Gasteiger partial charge in [-0.1, -0.05) is 0 Å². The van der Waals surface area contributed by atoms with E-state index >= 15 is 0 Å². The molecule has 2 aromatic carbocycles. The molecule has 3 N–H and O–H groups in total. The second-order valence-electron chi connectivity index (χ2n) is 6.30. The number of nitrogens with one attached hydrogen (secondary N) is 1. The van der Waals surface area contributed by atoms with Gasteiger partial charge < -0.3 is 14.9 Å². The number of aryl methyl sites for hydroxylation is 1. The molecule has 29 heavy (non-hydrogen) atoms. The summed E-state index contributed by atoms with van der Waals surface area (Å²) in [5.41, 5.74) is 6.58. The molecule has 4 rings (SSSR count). The Balaban J connectivity index is 1.63. The van der Waals surface area contributed by atoms with Gasteiger partial charge in [0.25, 0.3) is 0 Å². The molecule has 0 aliphatic carbocycles. The van der Waals surface area contributed by atoms with Crippen LogP contribution in [-0.4, -0.2) is 33.5 Å². The first-order chi connectivity index (χ1) is 14.1. The zero-order chi connectivity index (χ0) is 20.4. The molecule has 0 bridgehead atoms. The van der Waals surface area contributed by atoms with Crippen LogP contribution in [0.15, 0.2) is 53.9 Å². The largest absolute Gasteiger partial charge is 0.508 e. The molecule has 0 amide bonds. The van der Waals surface area contributed by atoms with Crippen molar-refractivity contribution in [3.63, 3.8) is 0 Å². The quantitative estimate of drug-likeness (QED) is 0.333. The molecule has 0 spiro atoms. The minimum Gasteiger partial charge on any atom is -0.508 e. The van der Waals surface area contributed by atoms with Crippen LogP contribution < -0.4 is 10.2 Å². The lowest BCUT2D eigenvalue weighted by Gasteiger charge is -2.03. The first-order valence-corrected chi connectivity index (χ1v) is 9.58. The van der Waals surface area contributed by atoms with Crippen molar-refractivity contribution >= 4 is 33.6 Å². The summed E-state index contributed by atoms with van der Waals surface area (Å²) in [6, 6.07) is 12.1. The Kier molecular flexibility index (Phi) is 5.01. The lowest BCUT2D eigenvalue weighted by Crippen LogP contribution is -1.95. The number of rotatable bonds is 5. The summed E-state index contributed by atoms with van der Waals surface area (Å²) < 4.78 is 5.93. The second-order valence-corrected chi connectivity index (χ2v) is 7.32. The number of nitrogens with zero attached hydrogens (tertiary/aromatic N) is 3. The lowest BCUT2D eigenvalue weighted by atomic mass is 10.1. The minimum absolute atomic E-state index is 0.0493. The molecule has 0 saturated carbocycles. The summed E-state index contributed by atoms with van der Waals surface area (Å²) in [5.74, 6) is 1.28. The number of hydrogen-bond acceptors (Lipinski definition) is 8. The highest BCUT2D eigenvalue weighted by Gasteiger charge is 2.15. The molecule has 7 nitrogen and oxygen atoms in total. The minimum atomic E-state index is 0.0493. The highest BCUT2D eigenvalue weighted by molar-refractivity contribution is 7.23. The van der Waals surface area contributed by atoms with Crippen molar-refractivity contribution in [2.75, 3.05) is 12.5 Å². The maximum Gasteiger partial charge on any atom is 0.167 e. The number of anilines is 1. The van der Waals surface area contributed by atoms with Gasteiger partial charge in [0.15, 0.2) is 17.3 Å². The molecular formula is C21H18N4O3S. The van der Waals surface area contributed by atoms with Crippen molar-refractivity contribution in [3.05, 3.63) is 59.9 Å². The van der Waals surface area contributed by atoms with Crippen LogP contribution in [0.4, 0.5) is 5.82 Å². The molecule has 2 aromatic heterocycles. The fraction of sp³-hybridized carbons (Fsp3) is 0.0952. The van der Waals surface area contributed by atoms with Crippen LogP contribution in [0.2, 0.25) is 0 Å². The molecule has 0 aliphatic heterocycles. The summed E-state index contributed by atoms with van der Waals surface area (Å²) in [4.78, 5) is 9.79. The highest BCUT2D eigenvalue weighted by atomic mass is 32.1. The standard InChI is InChI=1S/C21H18N4O3S/c1-12-18-20(29-19(12)14-4-6-15(26)7-5-14)21(23-11-22-18)25-24-10-13-3-8-17(28-2)16(27)9-13/h3-11,26-27H,1-2H3,(H,22,23,25). The maximum absolute atomic E-state index is 9.87. The number of aromatic nitrogens is 2. The van der Waals surface area contributed by atoms with Gasteiger partial charge in [0, 0.05) is 4.88 Å². The van der Waals surface area contributed by atoms with Crippen LogP contribution >= 0.6 is 11.3 Å².